The van der Waals surface area contributed by atoms with Crippen molar-refractivity contribution in [3.8, 4) is 5.75 Å². The molecule has 1 aliphatic heterocycles. The van der Waals surface area contributed by atoms with Crippen molar-refractivity contribution >= 4 is 11.7 Å². The first-order chi connectivity index (χ1) is 11.7. The molecule has 128 valence electrons. The van der Waals surface area contributed by atoms with Crippen molar-refractivity contribution in [1.29, 1.82) is 0 Å². The monoisotopic (exact) mass is 334 g/mol. The Morgan fingerprint density at radius 2 is 2.42 bits per heavy atom. The van der Waals surface area contributed by atoms with Crippen molar-refractivity contribution in [2.75, 3.05) is 25.6 Å². The number of ether oxygens (including phenoxy) is 2. The molecule has 2 amide bonds. The highest BCUT2D eigenvalue weighted by molar-refractivity contribution is 5.89. The number of carbonyl (C=O) groups is 1. The van der Waals surface area contributed by atoms with E-state index in [9.17, 15) is 9.18 Å². The lowest BCUT2D eigenvalue weighted by Crippen LogP contribution is -2.35. The Morgan fingerprint density at radius 1 is 1.54 bits per heavy atom. The molecule has 0 bridgehead atoms. The molecule has 1 aliphatic rings. The summed E-state index contributed by atoms with van der Waals surface area (Å²) in [7, 11) is 1.62. The van der Waals surface area contributed by atoms with Crippen molar-refractivity contribution in [2.24, 2.45) is 0 Å². The van der Waals surface area contributed by atoms with Crippen molar-refractivity contribution in [1.82, 2.24) is 15.1 Å². The molecular weight excluding hydrogens is 315 g/mol. The number of benzene rings is 1. The predicted octanol–water partition coefficient (Wildman–Crippen LogP) is 2.31. The number of aromatic nitrogens is 2. The molecule has 0 radical (unpaired) electrons. The van der Waals surface area contributed by atoms with Gasteiger partial charge >= 0.3 is 6.03 Å². The van der Waals surface area contributed by atoms with Gasteiger partial charge in [0.05, 0.1) is 37.7 Å². The number of hydrogen-bond donors (Lipinski definition) is 2. The first-order valence-corrected chi connectivity index (χ1v) is 7.67. The Morgan fingerprint density at radius 3 is 3.25 bits per heavy atom. The van der Waals surface area contributed by atoms with Crippen LogP contribution >= 0.6 is 0 Å². The predicted molar refractivity (Wildman–Crippen MR) is 85.5 cm³/mol. The molecule has 1 unspecified atom stereocenters. The van der Waals surface area contributed by atoms with E-state index in [0.717, 1.165) is 0 Å². The zero-order valence-corrected chi connectivity index (χ0v) is 13.3. The number of methoxy groups -OCH3 is 1. The van der Waals surface area contributed by atoms with E-state index in [1.807, 2.05) is 0 Å². The second kappa shape index (κ2) is 7.31. The Bertz CT molecular complexity index is 719. The molecule has 2 N–H and O–H groups in total. The lowest BCUT2D eigenvalue weighted by Gasteiger charge is -2.26. The summed E-state index contributed by atoms with van der Waals surface area (Å²) in [6.07, 6.45) is 3.86. The number of carbonyl (C=O) groups excluding carboxylic acids is 1. The van der Waals surface area contributed by atoms with E-state index >= 15 is 0 Å². The second-order valence-corrected chi connectivity index (χ2v) is 5.46. The van der Waals surface area contributed by atoms with Crippen LogP contribution in [0.4, 0.5) is 14.9 Å². The quantitative estimate of drug-likeness (QED) is 0.880. The van der Waals surface area contributed by atoms with Gasteiger partial charge in [0.1, 0.15) is 11.6 Å². The number of fused-ring (bicyclic) bond motifs is 1. The summed E-state index contributed by atoms with van der Waals surface area (Å²) in [5.41, 5.74) is 1.22. The average molecular weight is 334 g/mol. The molecule has 0 fully saturated rings. The van der Waals surface area contributed by atoms with Gasteiger partial charge in [-0.05, 0) is 18.2 Å². The summed E-state index contributed by atoms with van der Waals surface area (Å²) >= 11 is 0. The van der Waals surface area contributed by atoms with E-state index < -0.39 is 0 Å². The second-order valence-electron chi connectivity index (χ2n) is 5.46. The molecule has 0 spiro atoms. The topological polar surface area (TPSA) is 77.4 Å². The first kappa shape index (κ1) is 16.3. The summed E-state index contributed by atoms with van der Waals surface area (Å²) < 4.78 is 25.6. The highest BCUT2D eigenvalue weighted by Crippen LogP contribution is 2.32. The molecule has 7 nitrogen and oxygen atoms in total. The van der Waals surface area contributed by atoms with E-state index in [1.165, 1.54) is 12.1 Å². The number of hydrogen-bond acceptors (Lipinski definition) is 4. The van der Waals surface area contributed by atoms with Gasteiger partial charge in [-0.2, -0.15) is 5.10 Å². The fourth-order valence-electron chi connectivity index (χ4n) is 2.58. The summed E-state index contributed by atoms with van der Waals surface area (Å²) in [5, 5.41) is 9.69. The maximum atomic E-state index is 13.5. The number of nitrogens with zero attached hydrogens (tertiary/aromatic N) is 2. The number of anilines is 1. The van der Waals surface area contributed by atoms with E-state index in [4.69, 9.17) is 9.47 Å². The summed E-state index contributed by atoms with van der Waals surface area (Å²) in [5.74, 6) is 0.242. The minimum absolute atomic E-state index is 0.298. The minimum Gasteiger partial charge on any atom is -0.493 e. The molecule has 2 heterocycles. The lowest BCUT2D eigenvalue weighted by molar-refractivity contribution is 0.183. The molecular formula is C16H19FN4O3. The fourth-order valence-corrected chi connectivity index (χ4v) is 2.58. The Balaban J connectivity index is 1.61. The largest absolute Gasteiger partial charge is 0.493 e. The number of urea groups is 1. The normalized spacial score (nSPS) is 16.2. The van der Waals surface area contributed by atoms with E-state index in [-0.39, 0.29) is 17.9 Å². The van der Waals surface area contributed by atoms with Crippen LogP contribution in [0.2, 0.25) is 0 Å². The maximum absolute atomic E-state index is 13.5. The van der Waals surface area contributed by atoms with Gasteiger partial charge in [0, 0.05) is 25.3 Å². The zero-order valence-electron chi connectivity index (χ0n) is 13.3. The van der Waals surface area contributed by atoms with E-state index in [1.54, 1.807) is 30.3 Å². The third-order valence-electron chi connectivity index (χ3n) is 3.73. The fraction of sp³-hybridized carbons (Fsp3) is 0.375. The molecule has 1 aromatic heterocycles. The van der Waals surface area contributed by atoms with Gasteiger partial charge in [-0.1, -0.05) is 0 Å². The van der Waals surface area contributed by atoms with Crippen LogP contribution in [0.25, 0.3) is 0 Å². The Kier molecular flexibility index (Phi) is 4.95. The molecule has 0 saturated carbocycles. The number of nitrogens with one attached hydrogen (secondary N) is 2. The van der Waals surface area contributed by atoms with Gasteiger partial charge in [0.25, 0.3) is 0 Å². The van der Waals surface area contributed by atoms with Gasteiger partial charge in [-0.25, -0.2) is 9.18 Å². The number of rotatable bonds is 5. The molecule has 8 heteroatoms. The van der Waals surface area contributed by atoms with Gasteiger partial charge < -0.3 is 20.1 Å². The van der Waals surface area contributed by atoms with Crippen molar-refractivity contribution in [3.05, 3.63) is 42.0 Å². The third kappa shape index (κ3) is 3.83. The standard InChI is InChI=1S/C16H19FN4O3/c1-23-7-5-21-10-12(9-18-21)19-16(22)20-14-4-6-24-15-3-2-11(17)8-13(14)15/h2-3,8-10,14H,4-7H2,1H3,(H2,19,20,22). The zero-order chi connectivity index (χ0) is 16.9. The van der Waals surface area contributed by atoms with Crippen LogP contribution in [-0.4, -0.2) is 36.1 Å². The smallest absolute Gasteiger partial charge is 0.319 e. The van der Waals surface area contributed by atoms with Gasteiger partial charge in [0.15, 0.2) is 0 Å². The number of halogens is 1. The molecule has 24 heavy (non-hydrogen) atoms. The van der Waals surface area contributed by atoms with Gasteiger partial charge in [-0.3, -0.25) is 4.68 Å². The molecule has 1 atom stereocenters. The Labute approximate surface area is 138 Å². The van der Waals surface area contributed by atoms with E-state index in [2.05, 4.69) is 15.7 Å². The molecule has 0 aliphatic carbocycles. The highest BCUT2D eigenvalue weighted by atomic mass is 19.1. The highest BCUT2D eigenvalue weighted by Gasteiger charge is 2.23. The van der Waals surface area contributed by atoms with Crippen LogP contribution in [0.1, 0.15) is 18.0 Å². The van der Waals surface area contributed by atoms with Crippen LogP contribution in [0.15, 0.2) is 30.6 Å². The Hall–Kier alpha value is -2.61. The number of amides is 2. The van der Waals surface area contributed by atoms with Crippen LogP contribution in [-0.2, 0) is 11.3 Å². The maximum Gasteiger partial charge on any atom is 0.319 e. The molecule has 2 aromatic rings. The third-order valence-corrected chi connectivity index (χ3v) is 3.73. The van der Waals surface area contributed by atoms with Crippen molar-refractivity contribution in [3.63, 3.8) is 0 Å². The first-order valence-electron chi connectivity index (χ1n) is 7.67. The molecule has 3 rings (SSSR count). The van der Waals surface area contributed by atoms with Gasteiger partial charge in [-0.15, -0.1) is 0 Å². The van der Waals surface area contributed by atoms with Crippen LogP contribution in [0.3, 0.4) is 0 Å². The SMILES string of the molecule is COCCn1cc(NC(=O)NC2CCOc3ccc(F)cc32)cn1. The summed E-state index contributed by atoms with van der Waals surface area (Å²) in [4.78, 5) is 12.2. The minimum atomic E-state index is -0.372. The van der Waals surface area contributed by atoms with Crippen LogP contribution in [0.5, 0.6) is 5.75 Å². The molecule has 0 saturated heterocycles. The van der Waals surface area contributed by atoms with Crippen molar-refractivity contribution in [2.45, 2.75) is 19.0 Å². The average Bonchev–Trinajstić information content (AvgIpc) is 3.00. The lowest BCUT2D eigenvalue weighted by atomic mass is 10.0. The van der Waals surface area contributed by atoms with E-state index in [0.29, 0.717) is 43.2 Å². The van der Waals surface area contributed by atoms with Crippen LogP contribution < -0.4 is 15.4 Å². The summed E-state index contributed by atoms with van der Waals surface area (Å²) in [6.45, 7) is 1.61. The van der Waals surface area contributed by atoms with Gasteiger partial charge in [0.2, 0.25) is 0 Å². The van der Waals surface area contributed by atoms with Crippen molar-refractivity contribution < 1.29 is 18.7 Å². The van der Waals surface area contributed by atoms with Crippen LogP contribution in [0, 0.1) is 5.82 Å². The molecule has 1 aromatic carbocycles. The summed E-state index contributed by atoms with van der Waals surface area (Å²) in [6, 6.07) is 3.64.